The number of rotatable bonds is 2. The van der Waals surface area contributed by atoms with Gasteiger partial charge in [-0.3, -0.25) is 5.10 Å². The lowest BCUT2D eigenvalue weighted by atomic mass is 10.3. The standard InChI is InChI=1S/C11H6Cl2FN5/c12-5-1-2-7(14)8(3-5)16-9-6-4-15-19-10(6)18-11(13)17-9/h1-4H,(H2,15,16,17,18,19). The van der Waals surface area contributed by atoms with E-state index in [4.69, 9.17) is 23.2 Å². The molecule has 5 nitrogen and oxygen atoms in total. The maximum atomic E-state index is 13.7. The van der Waals surface area contributed by atoms with Gasteiger partial charge >= 0.3 is 0 Å². The molecule has 0 bridgehead atoms. The van der Waals surface area contributed by atoms with Crippen LogP contribution in [0.3, 0.4) is 0 Å². The molecule has 0 saturated heterocycles. The summed E-state index contributed by atoms with van der Waals surface area (Å²) in [5, 5.41) is 10.4. The number of hydrogen-bond donors (Lipinski definition) is 2. The largest absolute Gasteiger partial charge is 0.337 e. The molecule has 0 unspecified atom stereocenters. The number of hydrogen-bond acceptors (Lipinski definition) is 4. The number of aromatic amines is 1. The second-order valence-corrected chi connectivity index (χ2v) is 4.50. The van der Waals surface area contributed by atoms with Crippen molar-refractivity contribution in [3.8, 4) is 0 Å². The second-order valence-electron chi connectivity index (χ2n) is 3.72. The molecule has 0 atom stereocenters. The first-order valence-corrected chi connectivity index (χ1v) is 5.98. The molecule has 0 saturated carbocycles. The van der Waals surface area contributed by atoms with Crippen molar-refractivity contribution in [2.45, 2.75) is 0 Å². The highest BCUT2D eigenvalue weighted by atomic mass is 35.5. The fraction of sp³-hybridized carbons (Fsp3) is 0. The van der Waals surface area contributed by atoms with Crippen LogP contribution in [0.4, 0.5) is 15.9 Å². The summed E-state index contributed by atoms with van der Waals surface area (Å²) in [6, 6.07) is 4.18. The van der Waals surface area contributed by atoms with Crippen molar-refractivity contribution in [2.75, 3.05) is 5.32 Å². The van der Waals surface area contributed by atoms with Crippen molar-refractivity contribution in [2.24, 2.45) is 0 Å². The molecule has 2 aromatic heterocycles. The van der Waals surface area contributed by atoms with E-state index in [-0.39, 0.29) is 11.0 Å². The molecular weight excluding hydrogens is 292 g/mol. The van der Waals surface area contributed by atoms with E-state index in [1.807, 2.05) is 0 Å². The van der Waals surface area contributed by atoms with Gasteiger partial charge in [0, 0.05) is 5.02 Å². The van der Waals surface area contributed by atoms with Crippen molar-refractivity contribution < 1.29 is 4.39 Å². The Bertz CT molecular complexity index is 758. The fourth-order valence-corrected chi connectivity index (χ4v) is 1.96. The van der Waals surface area contributed by atoms with Crippen molar-refractivity contribution in [1.29, 1.82) is 0 Å². The molecule has 0 amide bonds. The van der Waals surface area contributed by atoms with Crippen molar-refractivity contribution >= 4 is 45.7 Å². The summed E-state index contributed by atoms with van der Waals surface area (Å²) >= 11 is 11.6. The number of fused-ring (bicyclic) bond motifs is 1. The molecule has 0 aliphatic carbocycles. The summed E-state index contributed by atoms with van der Waals surface area (Å²) in [4.78, 5) is 7.97. The predicted molar refractivity (Wildman–Crippen MR) is 71.4 cm³/mol. The number of anilines is 2. The lowest BCUT2D eigenvalue weighted by Gasteiger charge is -2.08. The van der Waals surface area contributed by atoms with Gasteiger partial charge in [-0.05, 0) is 29.8 Å². The van der Waals surface area contributed by atoms with Crippen LogP contribution in [0.2, 0.25) is 10.3 Å². The van der Waals surface area contributed by atoms with Crippen LogP contribution >= 0.6 is 23.2 Å². The average molecular weight is 298 g/mol. The van der Waals surface area contributed by atoms with Gasteiger partial charge in [0.25, 0.3) is 0 Å². The van der Waals surface area contributed by atoms with Gasteiger partial charge < -0.3 is 5.32 Å². The molecule has 3 rings (SSSR count). The third kappa shape index (κ3) is 2.32. The summed E-state index contributed by atoms with van der Waals surface area (Å²) in [7, 11) is 0. The third-order valence-electron chi connectivity index (χ3n) is 2.46. The molecule has 0 fully saturated rings. The van der Waals surface area contributed by atoms with Gasteiger partial charge in [-0.25, -0.2) is 4.39 Å². The second kappa shape index (κ2) is 4.64. The molecular formula is C11H6Cl2FN5. The van der Waals surface area contributed by atoms with Gasteiger partial charge in [0.15, 0.2) is 5.65 Å². The van der Waals surface area contributed by atoms with Crippen LogP contribution in [0.1, 0.15) is 0 Å². The zero-order valence-electron chi connectivity index (χ0n) is 9.28. The Hall–Kier alpha value is -1.92. The molecule has 3 aromatic rings. The number of nitrogens with one attached hydrogen (secondary N) is 2. The number of H-pyrrole nitrogens is 1. The minimum absolute atomic E-state index is 0.0293. The van der Waals surface area contributed by atoms with Crippen LogP contribution in [-0.2, 0) is 0 Å². The zero-order chi connectivity index (χ0) is 13.4. The molecule has 1 aromatic carbocycles. The Balaban J connectivity index is 2.10. The molecule has 0 spiro atoms. The first-order chi connectivity index (χ1) is 9.13. The number of nitrogens with zero attached hydrogens (tertiary/aromatic N) is 3. The van der Waals surface area contributed by atoms with Gasteiger partial charge in [0.1, 0.15) is 11.6 Å². The van der Waals surface area contributed by atoms with Gasteiger partial charge in [0.05, 0.1) is 17.3 Å². The van der Waals surface area contributed by atoms with Gasteiger partial charge in [-0.2, -0.15) is 15.1 Å². The minimum Gasteiger partial charge on any atom is -0.337 e. The van der Waals surface area contributed by atoms with E-state index < -0.39 is 5.82 Å². The van der Waals surface area contributed by atoms with Crippen LogP contribution in [0, 0.1) is 5.82 Å². The lowest BCUT2D eigenvalue weighted by Crippen LogP contribution is -1.98. The van der Waals surface area contributed by atoms with E-state index in [1.54, 1.807) is 0 Å². The highest BCUT2D eigenvalue weighted by Crippen LogP contribution is 2.27. The van der Waals surface area contributed by atoms with E-state index in [0.29, 0.717) is 21.9 Å². The van der Waals surface area contributed by atoms with Crippen molar-refractivity contribution in [3.05, 3.63) is 40.5 Å². The smallest absolute Gasteiger partial charge is 0.226 e. The number of halogens is 3. The first-order valence-electron chi connectivity index (χ1n) is 5.22. The zero-order valence-corrected chi connectivity index (χ0v) is 10.8. The van der Waals surface area contributed by atoms with Gasteiger partial charge in [-0.1, -0.05) is 11.6 Å². The van der Waals surface area contributed by atoms with Crippen LogP contribution in [-0.4, -0.2) is 20.2 Å². The molecule has 2 N–H and O–H groups in total. The normalized spacial score (nSPS) is 10.9. The fourth-order valence-electron chi connectivity index (χ4n) is 1.62. The monoisotopic (exact) mass is 297 g/mol. The average Bonchev–Trinajstić information content (AvgIpc) is 2.82. The van der Waals surface area contributed by atoms with E-state index in [2.05, 4.69) is 25.5 Å². The van der Waals surface area contributed by atoms with Crippen molar-refractivity contribution in [1.82, 2.24) is 20.2 Å². The Kier molecular flexibility index (Phi) is 2.96. The van der Waals surface area contributed by atoms with Crippen LogP contribution in [0.15, 0.2) is 24.4 Å². The Morgan fingerprint density at radius 1 is 1.21 bits per heavy atom. The molecule has 2 heterocycles. The Morgan fingerprint density at radius 3 is 2.89 bits per heavy atom. The van der Waals surface area contributed by atoms with E-state index in [1.165, 1.54) is 24.4 Å². The first kappa shape index (κ1) is 12.1. The molecule has 96 valence electrons. The molecule has 0 radical (unpaired) electrons. The summed E-state index contributed by atoms with van der Waals surface area (Å²) < 4.78 is 13.7. The maximum absolute atomic E-state index is 13.7. The summed E-state index contributed by atoms with van der Waals surface area (Å²) in [6.45, 7) is 0. The summed E-state index contributed by atoms with van der Waals surface area (Å²) in [5.41, 5.74) is 0.662. The van der Waals surface area contributed by atoms with Gasteiger partial charge in [0.2, 0.25) is 5.28 Å². The van der Waals surface area contributed by atoms with E-state index in [9.17, 15) is 4.39 Å². The van der Waals surface area contributed by atoms with Crippen LogP contribution < -0.4 is 5.32 Å². The topological polar surface area (TPSA) is 66.5 Å². The molecule has 0 aliphatic heterocycles. The Labute approximate surface area is 116 Å². The Morgan fingerprint density at radius 2 is 2.05 bits per heavy atom. The maximum Gasteiger partial charge on any atom is 0.226 e. The minimum atomic E-state index is -0.448. The predicted octanol–water partition coefficient (Wildman–Crippen LogP) is 3.54. The van der Waals surface area contributed by atoms with Crippen molar-refractivity contribution in [3.63, 3.8) is 0 Å². The van der Waals surface area contributed by atoms with Gasteiger partial charge in [-0.15, -0.1) is 0 Å². The lowest BCUT2D eigenvalue weighted by molar-refractivity contribution is 0.632. The SMILES string of the molecule is Fc1ccc(Cl)cc1Nc1nc(Cl)nc2[nH]ncc12. The molecule has 8 heteroatoms. The quantitative estimate of drug-likeness (QED) is 0.710. The number of benzene rings is 1. The third-order valence-corrected chi connectivity index (χ3v) is 2.87. The molecule has 19 heavy (non-hydrogen) atoms. The van der Waals surface area contributed by atoms with E-state index in [0.717, 1.165) is 0 Å². The summed E-state index contributed by atoms with van der Waals surface area (Å²) in [5.74, 6) is -0.0966. The number of aromatic nitrogens is 4. The summed E-state index contributed by atoms with van der Waals surface area (Å²) in [6.07, 6.45) is 1.52. The highest BCUT2D eigenvalue weighted by Gasteiger charge is 2.11. The van der Waals surface area contributed by atoms with Crippen LogP contribution in [0.25, 0.3) is 11.0 Å². The van der Waals surface area contributed by atoms with Crippen LogP contribution in [0.5, 0.6) is 0 Å². The molecule has 0 aliphatic rings. The van der Waals surface area contributed by atoms with E-state index >= 15 is 0 Å². The highest BCUT2D eigenvalue weighted by molar-refractivity contribution is 6.31.